The number of carbonyl (C=O) groups excluding carboxylic acids is 3. The number of unbranched alkanes of at least 4 members (excludes halogenated alkanes) is 2. The number of aryl methyl sites for hydroxylation is 1. The fourth-order valence-corrected chi connectivity index (χ4v) is 5.12. The van der Waals surface area contributed by atoms with Crippen molar-refractivity contribution >= 4 is 17.7 Å². The van der Waals surface area contributed by atoms with Gasteiger partial charge in [0, 0.05) is 31.4 Å². The minimum atomic E-state index is -0.949. The maximum absolute atomic E-state index is 13.8. The topological polar surface area (TPSA) is 155 Å². The van der Waals surface area contributed by atoms with Crippen molar-refractivity contribution in [1.82, 2.24) is 16.0 Å². The monoisotopic (exact) mass is 649 g/mol. The normalized spacial score (nSPS) is 12.1. The van der Waals surface area contributed by atoms with Crippen molar-refractivity contribution in [3.63, 3.8) is 0 Å². The second kappa shape index (κ2) is 21.5. The molecule has 3 aromatic rings. The summed E-state index contributed by atoms with van der Waals surface area (Å²) in [6, 6.07) is 22.6. The molecule has 0 heterocycles. The van der Waals surface area contributed by atoms with E-state index in [2.05, 4.69) is 32.6 Å². The van der Waals surface area contributed by atoms with Gasteiger partial charge < -0.3 is 20.7 Å². The van der Waals surface area contributed by atoms with Crippen LogP contribution in [0.5, 0.6) is 5.75 Å². The molecule has 2 atom stereocenters. The molecule has 0 aliphatic rings. The van der Waals surface area contributed by atoms with Gasteiger partial charge in [0.1, 0.15) is 37.7 Å². The van der Waals surface area contributed by atoms with E-state index in [4.69, 9.17) is 15.3 Å². The van der Waals surface area contributed by atoms with Crippen LogP contribution in [0.1, 0.15) is 61.3 Å². The lowest BCUT2D eigenvalue weighted by Crippen LogP contribution is -2.55. The number of hydrogen-bond acceptors (Lipinski definition) is 8. The summed E-state index contributed by atoms with van der Waals surface area (Å²) in [5, 5.41) is 26.5. The van der Waals surface area contributed by atoms with E-state index in [0.29, 0.717) is 29.8 Å². The summed E-state index contributed by atoms with van der Waals surface area (Å²) in [5.41, 5.74) is 3.19. The molecule has 254 valence electrons. The highest BCUT2D eigenvalue weighted by molar-refractivity contribution is 5.92. The number of ether oxygens (including phenoxy) is 1. The van der Waals surface area contributed by atoms with Gasteiger partial charge in [-0.25, -0.2) is 9.78 Å². The predicted molar refractivity (Wildman–Crippen MR) is 178 cm³/mol. The molecular weight excluding hydrogens is 602 g/mol. The van der Waals surface area contributed by atoms with Crippen LogP contribution in [-0.4, -0.2) is 60.1 Å². The minimum absolute atomic E-state index is 0.0544. The fraction of sp³-hybridized carbons (Fsp3) is 0.417. The Kier molecular flexibility index (Phi) is 17.0. The van der Waals surface area contributed by atoms with E-state index in [0.717, 1.165) is 36.8 Å². The Morgan fingerprint density at radius 1 is 0.723 bits per heavy atom. The molecule has 0 saturated carbocycles. The molecule has 47 heavy (non-hydrogen) atoms. The van der Waals surface area contributed by atoms with Crippen molar-refractivity contribution in [2.45, 2.75) is 77.0 Å². The van der Waals surface area contributed by atoms with Crippen molar-refractivity contribution in [3.8, 4) is 5.75 Å². The fourth-order valence-electron chi connectivity index (χ4n) is 5.12. The number of nitrogens with one attached hydrogen (secondary N) is 3. The first-order valence-corrected chi connectivity index (χ1v) is 16.2. The van der Waals surface area contributed by atoms with Gasteiger partial charge in [-0.1, -0.05) is 86.5 Å². The first-order chi connectivity index (χ1) is 22.9. The molecule has 2 unspecified atom stereocenters. The average Bonchev–Trinajstić information content (AvgIpc) is 3.08. The highest BCUT2D eigenvalue weighted by Crippen LogP contribution is 2.22. The Balaban J connectivity index is 1.77. The van der Waals surface area contributed by atoms with Crippen LogP contribution in [0.3, 0.4) is 0 Å². The summed E-state index contributed by atoms with van der Waals surface area (Å²) in [5.74, 6) is -0.653. The minimum Gasteiger partial charge on any atom is -0.491 e. The molecule has 0 radical (unpaired) electrons. The SMILES string of the molecule is CCCCCNC(=O)C(Cc1ccc(OCCOO)c(COO)c1)NC(=O)C(Cc1ccccc1)NC(=O)CCCc1ccccc1. The van der Waals surface area contributed by atoms with E-state index in [1.54, 1.807) is 18.2 Å². The molecule has 0 aliphatic carbocycles. The second-order valence-corrected chi connectivity index (χ2v) is 11.3. The lowest BCUT2D eigenvalue weighted by atomic mass is 10.0. The second-order valence-electron chi connectivity index (χ2n) is 11.3. The Bertz CT molecular complexity index is 1360. The van der Waals surface area contributed by atoms with E-state index < -0.39 is 18.0 Å². The summed E-state index contributed by atoms with van der Waals surface area (Å²) in [6.45, 7) is 2.37. The molecule has 0 spiro atoms. The molecule has 0 aromatic heterocycles. The standard InChI is InChI=1S/C36H47N3O8/c1-2-3-10-20-37-35(41)31(25-29-18-19-33(45-21-22-46-43)30(23-29)26-47-44)39-36(42)32(24-28-14-8-5-9-15-28)38-34(40)17-11-16-27-12-6-4-7-13-27/h4-9,12-15,18-19,23,31-32,43-44H,2-3,10-11,16-17,20-22,24-26H2,1H3,(H,37,41)(H,38,40)(H,39,42). The van der Waals surface area contributed by atoms with Gasteiger partial charge in [-0.2, -0.15) is 0 Å². The summed E-state index contributed by atoms with van der Waals surface area (Å²) in [7, 11) is 0. The van der Waals surface area contributed by atoms with Gasteiger partial charge in [0.25, 0.3) is 0 Å². The highest BCUT2D eigenvalue weighted by atomic mass is 17.1. The molecule has 0 fully saturated rings. The molecule has 11 nitrogen and oxygen atoms in total. The van der Waals surface area contributed by atoms with E-state index in [-0.39, 0.29) is 50.9 Å². The van der Waals surface area contributed by atoms with Crippen LogP contribution in [0, 0.1) is 0 Å². The molecule has 3 aromatic carbocycles. The zero-order valence-electron chi connectivity index (χ0n) is 27.0. The maximum atomic E-state index is 13.8. The van der Waals surface area contributed by atoms with Gasteiger partial charge in [0.05, 0.1) is 0 Å². The van der Waals surface area contributed by atoms with Crippen molar-refractivity contribution < 1.29 is 39.4 Å². The van der Waals surface area contributed by atoms with E-state index in [9.17, 15) is 14.4 Å². The van der Waals surface area contributed by atoms with Gasteiger partial charge in [0.2, 0.25) is 17.7 Å². The van der Waals surface area contributed by atoms with Gasteiger partial charge in [-0.05, 0) is 48.1 Å². The van der Waals surface area contributed by atoms with Gasteiger partial charge in [-0.15, -0.1) is 0 Å². The Labute approximate surface area is 276 Å². The summed E-state index contributed by atoms with van der Waals surface area (Å²) in [6.07, 6.45) is 4.77. The molecule has 11 heteroatoms. The molecule has 3 amide bonds. The highest BCUT2D eigenvalue weighted by Gasteiger charge is 2.27. The largest absolute Gasteiger partial charge is 0.491 e. The Hall–Kier alpha value is -4.29. The zero-order chi connectivity index (χ0) is 33.7. The van der Waals surface area contributed by atoms with Gasteiger partial charge >= 0.3 is 0 Å². The number of amides is 3. The first-order valence-electron chi connectivity index (χ1n) is 16.2. The molecule has 0 aliphatic heterocycles. The molecular formula is C36H47N3O8. The first kappa shape index (κ1) is 37.2. The van der Waals surface area contributed by atoms with Gasteiger partial charge in [-0.3, -0.25) is 24.9 Å². The quantitative estimate of drug-likeness (QED) is 0.0600. The van der Waals surface area contributed by atoms with Crippen LogP contribution in [0.15, 0.2) is 78.9 Å². The third-order valence-electron chi connectivity index (χ3n) is 7.58. The van der Waals surface area contributed by atoms with Crippen LogP contribution in [-0.2, 0) is 50.0 Å². The van der Waals surface area contributed by atoms with E-state index >= 15 is 0 Å². The summed E-state index contributed by atoms with van der Waals surface area (Å²) < 4.78 is 5.59. The molecule has 0 saturated heterocycles. The third-order valence-corrected chi connectivity index (χ3v) is 7.58. The number of benzene rings is 3. The summed E-state index contributed by atoms with van der Waals surface area (Å²) >= 11 is 0. The van der Waals surface area contributed by atoms with E-state index in [1.165, 1.54) is 0 Å². The van der Waals surface area contributed by atoms with E-state index in [1.807, 2.05) is 60.7 Å². The van der Waals surface area contributed by atoms with Crippen LogP contribution in [0.4, 0.5) is 0 Å². The van der Waals surface area contributed by atoms with Crippen LogP contribution >= 0.6 is 0 Å². The molecule has 5 N–H and O–H groups in total. The lowest BCUT2D eigenvalue weighted by molar-refractivity contribution is -0.253. The average molecular weight is 650 g/mol. The van der Waals surface area contributed by atoms with Crippen molar-refractivity contribution in [3.05, 3.63) is 101 Å². The zero-order valence-corrected chi connectivity index (χ0v) is 27.0. The lowest BCUT2D eigenvalue weighted by Gasteiger charge is -2.24. The van der Waals surface area contributed by atoms with Crippen molar-refractivity contribution in [2.24, 2.45) is 0 Å². The molecule has 0 bridgehead atoms. The number of carbonyl (C=O) groups is 3. The third kappa shape index (κ3) is 13.9. The van der Waals surface area contributed by atoms with Crippen LogP contribution < -0.4 is 20.7 Å². The Morgan fingerprint density at radius 3 is 2.09 bits per heavy atom. The molecule has 3 rings (SSSR count). The van der Waals surface area contributed by atoms with Gasteiger partial charge in [0.15, 0.2) is 0 Å². The number of hydrogen-bond donors (Lipinski definition) is 5. The van der Waals surface area contributed by atoms with Crippen LogP contribution in [0.2, 0.25) is 0 Å². The summed E-state index contributed by atoms with van der Waals surface area (Å²) in [4.78, 5) is 48.7. The maximum Gasteiger partial charge on any atom is 0.243 e. The van der Waals surface area contributed by atoms with Crippen molar-refractivity contribution in [2.75, 3.05) is 19.8 Å². The van der Waals surface area contributed by atoms with Crippen molar-refractivity contribution in [1.29, 1.82) is 0 Å². The smallest absolute Gasteiger partial charge is 0.243 e. The predicted octanol–water partition coefficient (Wildman–Crippen LogP) is 4.63. The van der Waals surface area contributed by atoms with Crippen LogP contribution in [0.25, 0.3) is 0 Å². The Morgan fingerprint density at radius 2 is 1.40 bits per heavy atom. The number of rotatable bonds is 22.